The summed E-state index contributed by atoms with van der Waals surface area (Å²) in [7, 11) is 3.19. The normalized spacial score (nSPS) is 22.1. The molecular formula is C13H17N3O3S. The zero-order valence-corrected chi connectivity index (χ0v) is 12.3. The largest absolute Gasteiger partial charge is 0.494 e. The molecule has 2 heterocycles. The molecule has 1 atom stereocenters. The van der Waals surface area contributed by atoms with E-state index < -0.39 is 0 Å². The Hall–Kier alpha value is -1.57. The van der Waals surface area contributed by atoms with Crippen LogP contribution in [0.25, 0.3) is 5.70 Å². The lowest BCUT2D eigenvalue weighted by molar-refractivity contribution is -0.722. The zero-order chi connectivity index (χ0) is 14.6. The first-order valence-electron chi connectivity index (χ1n) is 6.16. The van der Waals surface area contributed by atoms with Crippen molar-refractivity contribution in [3.63, 3.8) is 0 Å². The summed E-state index contributed by atoms with van der Waals surface area (Å²) in [6.07, 6.45) is 4.78. The molecule has 6 nitrogen and oxygen atoms in total. The molecule has 0 aliphatic carbocycles. The number of carbonyl (C=O) groups excluding carboxylic acids is 1. The fraction of sp³-hybridized carbons (Fsp3) is 0.385. The Labute approximate surface area is 123 Å². The molecular weight excluding hydrogens is 278 g/mol. The number of hydrogen-bond acceptors (Lipinski definition) is 5. The summed E-state index contributed by atoms with van der Waals surface area (Å²) in [5.74, 6) is 0.438. The van der Waals surface area contributed by atoms with E-state index in [1.54, 1.807) is 32.7 Å². The van der Waals surface area contributed by atoms with Crippen LogP contribution in [0, 0.1) is 0 Å². The second-order valence-corrected chi connectivity index (χ2v) is 5.11. The Morgan fingerprint density at radius 3 is 3.00 bits per heavy atom. The third-order valence-corrected chi connectivity index (χ3v) is 3.66. The van der Waals surface area contributed by atoms with Crippen LogP contribution in [-0.2, 0) is 22.3 Å². The van der Waals surface area contributed by atoms with Gasteiger partial charge in [-0.3, -0.25) is 9.78 Å². The molecule has 20 heavy (non-hydrogen) atoms. The van der Waals surface area contributed by atoms with Gasteiger partial charge in [-0.1, -0.05) is 0 Å². The second kappa shape index (κ2) is 6.25. The molecule has 1 unspecified atom stereocenters. The van der Waals surface area contributed by atoms with E-state index in [0.29, 0.717) is 25.6 Å². The lowest BCUT2D eigenvalue weighted by Crippen LogP contribution is -2.53. The molecule has 1 aromatic heterocycles. The molecule has 0 radical (unpaired) electrons. The van der Waals surface area contributed by atoms with E-state index >= 15 is 0 Å². The smallest absolute Gasteiger partial charge is 0.254 e. The maximum absolute atomic E-state index is 11.7. The molecule has 1 amide bonds. The van der Waals surface area contributed by atoms with E-state index in [2.05, 4.69) is 10.3 Å². The van der Waals surface area contributed by atoms with Gasteiger partial charge in [-0.2, -0.15) is 0 Å². The number of nitrogens with one attached hydrogen (secondary N) is 1. The predicted molar refractivity (Wildman–Crippen MR) is 76.1 cm³/mol. The van der Waals surface area contributed by atoms with Gasteiger partial charge in [0.2, 0.25) is 0 Å². The van der Waals surface area contributed by atoms with Gasteiger partial charge in [-0.05, 0) is 6.07 Å². The summed E-state index contributed by atoms with van der Waals surface area (Å²) >= 11 is 5.68. The van der Waals surface area contributed by atoms with Gasteiger partial charge in [-0.15, -0.1) is 0 Å². The minimum Gasteiger partial charge on any atom is -0.494 e. The second-order valence-electron chi connectivity index (χ2n) is 4.41. The maximum Gasteiger partial charge on any atom is 0.254 e. The van der Waals surface area contributed by atoms with Gasteiger partial charge in [0.1, 0.15) is 18.1 Å². The van der Waals surface area contributed by atoms with Crippen molar-refractivity contribution in [2.45, 2.75) is 0 Å². The van der Waals surface area contributed by atoms with Crippen molar-refractivity contribution in [1.29, 1.82) is 0 Å². The molecule has 108 valence electrons. The summed E-state index contributed by atoms with van der Waals surface area (Å²) in [5, 5.41) is 2.76. The highest BCUT2D eigenvalue weighted by Crippen LogP contribution is 2.33. The zero-order valence-electron chi connectivity index (χ0n) is 11.5. The highest BCUT2D eigenvalue weighted by Gasteiger charge is 2.30. The first-order valence-corrected chi connectivity index (χ1v) is 6.53. The van der Waals surface area contributed by atoms with E-state index in [0.717, 1.165) is 11.3 Å². The molecule has 1 aliphatic rings. The van der Waals surface area contributed by atoms with Crippen LogP contribution < -0.4 is 10.1 Å². The Morgan fingerprint density at radius 2 is 2.30 bits per heavy atom. The molecule has 1 aliphatic heterocycles. The number of quaternary nitrogens is 1. The monoisotopic (exact) mass is 295 g/mol. The SMILES string of the molecule is COCC[N+]1([S-])CNC(=O)C=C1c1ccncc1OC. The number of aromatic nitrogens is 1. The number of methoxy groups -OCH3 is 2. The number of pyridine rings is 1. The summed E-state index contributed by atoms with van der Waals surface area (Å²) in [6, 6.07) is 1.80. The van der Waals surface area contributed by atoms with Crippen LogP contribution in [0.1, 0.15) is 5.56 Å². The lowest BCUT2D eigenvalue weighted by atomic mass is 10.1. The molecule has 0 aromatic carbocycles. The van der Waals surface area contributed by atoms with E-state index in [-0.39, 0.29) is 9.80 Å². The van der Waals surface area contributed by atoms with Crippen LogP contribution in [0.15, 0.2) is 24.5 Å². The van der Waals surface area contributed by atoms with Crippen molar-refractivity contribution in [2.24, 2.45) is 0 Å². The standard InChI is InChI=1S/C13H17N3O3S/c1-18-6-5-16(20)9-15-13(17)7-11(16)10-3-4-14-8-12(10)19-2/h3-4,7-8H,5-6,9H2,1-2H3,(H,15,17). The highest BCUT2D eigenvalue weighted by molar-refractivity contribution is 7.52. The van der Waals surface area contributed by atoms with Crippen LogP contribution in [-0.4, -0.2) is 48.8 Å². The van der Waals surface area contributed by atoms with Gasteiger partial charge in [0.25, 0.3) is 5.91 Å². The van der Waals surface area contributed by atoms with Gasteiger partial charge in [0.05, 0.1) is 38.1 Å². The number of rotatable bonds is 5. The number of amides is 1. The molecule has 7 heteroatoms. The van der Waals surface area contributed by atoms with Crippen molar-refractivity contribution in [3.8, 4) is 5.75 Å². The highest BCUT2D eigenvalue weighted by atomic mass is 32.1. The molecule has 1 N–H and O–H groups in total. The van der Waals surface area contributed by atoms with E-state index in [1.807, 2.05) is 0 Å². The fourth-order valence-electron chi connectivity index (χ4n) is 2.07. The lowest BCUT2D eigenvalue weighted by Gasteiger charge is -2.47. The Bertz CT molecular complexity index is 535. The molecule has 1 aromatic rings. The molecule has 0 spiro atoms. The summed E-state index contributed by atoms with van der Waals surface area (Å²) < 4.78 is 10.6. The van der Waals surface area contributed by atoms with Crippen molar-refractivity contribution < 1.29 is 18.2 Å². The van der Waals surface area contributed by atoms with Crippen molar-refractivity contribution in [1.82, 2.24) is 10.3 Å². The van der Waals surface area contributed by atoms with Crippen LogP contribution in [0.3, 0.4) is 0 Å². The van der Waals surface area contributed by atoms with Gasteiger partial charge in [0, 0.05) is 13.3 Å². The Balaban J connectivity index is 2.45. The Morgan fingerprint density at radius 1 is 1.50 bits per heavy atom. The van der Waals surface area contributed by atoms with Crippen LogP contribution in [0.2, 0.25) is 0 Å². The minimum absolute atomic E-state index is 0.139. The van der Waals surface area contributed by atoms with Crippen molar-refractivity contribution >= 4 is 24.4 Å². The van der Waals surface area contributed by atoms with Crippen LogP contribution in [0.5, 0.6) is 5.75 Å². The average molecular weight is 295 g/mol. The first kappa shape index (κ1) is 14.8. The number of carbonyl (C=O) groups is 1. The quantitative estimate of drug-likeness (QED) is 0.631. The average Bonchev–Trinajstić information content (AvgIpc) is 2.48. The molecule has 0 fully saturated rings. The third-order valence-electron chi connectivity index (χ3n) is 3.15. The number of nitrogens with zero attached hydrogens (tertiary/aromatic N) is 2. The summed E-state index contributed by atoms with van der Waals surface area (Å²) in [4.78, 5) is 15.7. The van der Waals surface area contributed by atoms with Crippen molar-refractivity contribution in [2.75, 3.05) is 34.0 Å². The molecule has 0 saturated carbocycles. The first-order chi connectivity index (χ1) is 9.60. The topological polar surface area (TPSA) is 60.5 Å². The van der Waals surface area contributed by atoms with E-state index in [1.165, 1.54) is 6.08 Å². The van der Waals surface area contributed by atoms with Gasteiger partial charge >= 0.3 is 0 Å². The molecule has 2 rings (SSSR count). The Kier molecular flexibility index (Phi) is 4.64. The third kappa shape index (κ3) is 2.95. The predicted octanol–water partition coefficient (Wildman–Crippen LogP) is 0.443. The van der Waals surface area contributed by atoms with Crippen LogP contribution >= 0.6 is 0 Å². The van der Waals surface area contributed by atoms with E-state index in [9.17, 15) is 4.79 Å². The summed E-state index contributed by atoms with van der Waals surface area (Å²) in [6.45, 7) is 1.42. The van der Waals surface area contributed by atoms with Gasteiger partial charge in [0.15, 0.2) is 0 Å². The van der Waals surface area contributed by atoms with E-state index in [4.69, 9.17) is 22.3 Å². The number of hydrogen-bond donors (Lipinski definition) is 1. The fourth-order valence-corrected chi connectivity index (χ4v) is 2.36. The minimum atomic E-state index is -0.158. The maximum atomic E-state index is 11.7. The van der Waals surface area contributed by atoms with Crippen LogP contribution in [0.4, 0.5) is 0 Å². The molecule has 0 bridgehead atoms. The van der Waals surface area contributed by atoms with Crippen molar-refractivity contribution in [3.05, 3.63) is 30.1 Å². The number of ether oxygens (including phenoxy) is 2. The summed E-state index contributed by atoms with van der Waals surface area (Å²) in [5.41, 5.74) is 1.50. The molecule has 0 saturated heterocycles. The van der Waals surface area contributed by atoms with Gasteiger partial charge < -0.3 is 31.5 Å². The van der Waals surface area contributed by atoms with Gasteiger partial charge in [-0.25, -0.2) is 0 Å².